The second-order valence-electron chi connectivity index (χ2n) is 6.86. The molecule has 0 aliphatic rings. The Morgan fingerprint density at radius 3 is 1.48 bits per heavy atom. The molecule has 0 amide bonds. The van der Waals surface area contributed by atoms with Crippen molar-refractivity contribution in [2.75, 3.05) is 18.0 Å². The molecule has 0 saturated carbocycles. The van der Waals surface area contributed by atoms with Crippen molar-refractivity contribution >= 4 is 5.69 Å². The molecule has 0 N–H and O–H groups in total. The van der Waals surface area contributed by atoms with Gasteiger partial charge in [-0.25, -0.2) is 0 Å². The third-order valence-corrected chi connectivity index (χ3v) is 4.68. The zero-order valence-corrected chi connectivity index (χ0v) is 15.7. The van der Waals surface area contributed by atoms with Crippen LogP contribution in [0.4, 0.5) is 5.69 Å². The van der Waals surface area contributed by atoms with Crippen LogP contribution in [0.2, 0.25) is 0 Å². The Morgan fingerprint density at radius 2 is 1.00 bits per heavy atom. The van der Waals surface area contributed by atoms with Crippen molar-refractivity contribution in [3.8, 4) is 0 Å². The van der Waals surface area contributed by atoms with Gasteiger partial charge in [0.2, 0.25) is 0 Å². The van der Waals surface area contributed by atoms with Crippen LogP contribution in [0.3, 0.4) is 0 Å². The molecule has 1 aromatic carbocycles. The van der Waals surface area contributed by atoms with Gasteiger partial charge < -0.3 is 4.90 Å². The minimum Gasteiger partial charge on any atom is -0.372 e. The van der Waals surface area contributed by atoms with Gasteiger partial charge in [0.05, 0.1) is 0 Å². The van der Waals surface area contributed by atoms with Gasteiger partial charge in [0.15, 0.2) is 0 Å². The molecular weight excluding hydrogens is 278 g/mol. The lowest BCUT2D eigenvalue weighted by molar-refractivity contribution is 0.572. The van der Waals surface area contributed by atoms with E-state index in [4.69, 9.17) is 0 Å². The van der Waals surface area contributed by atoms with Crippen LogP contribution >= 0.6 is 0 Å². The van der Waals surface area contributed by atoms with Crippen molar-refractivity contribution in [1.82, 2.24) is 0 Å². The monoisotopic (exact) mass is 317 g/mol. The second kappa shape index (κ2) is 14.6. The highest BCUT2D eigenvalue weighted by Crippen LogP contribution is 2.17. The molecule has 0 saturated heterocycles. The first kappa shape index (κ1) is 20.1. The molecule has 1 rings (SSSR count). The topological polar surface area (TPSA) is 3.24 Å². The number of unbranched alkanes of at least 4 members (excludes halogenated alkanes) is 10. The highest BCUT2D eigenvalue weighted by Gasteiger charge is 2.05. The fraction of sp³-hybridized carbons (Fsp3) is 0.727. The predicted octanol–water partition coefficient (Wildman–Crippen LogP) is 7.21. The zero-order chi connectivity index (χ0) is 16.6. The zero-order valence-electron chi connectivity index (χ0n) is 15.7. The molecule has 132 valence electrons. The third kappa shape index (κ3) is 10.4. The van der Waals surface area contributed by atoms with E-state index >= 15 is 0 Å². The second-order valence-corrected chi connectivity index (χ2v) is 6.86. The third-order valence-electron chi connectivity index (χ3n) is 4.68. The Kier molecular flexibility index (Phi) is 12.7. The van der Waals surface area contributed by atoms with Gasteiger partial charge >= 0.3 is 0 Å². The maximum atomic E-state index is 2.61. The van der Waals surface area contributed by atoms with E-state index in [1.165, 1.54) is 95.8 Å². The fourth-order valence-corrected chi connectivity index (χ4v) is 3.17. The summed E-state index contributed by atoms with van der Waals surface area (Å²) in [5.74, 6) is 0. The number of hydrogen-bond acceptors (Lipinski definition) is 1. The van der Waals surface area contributed by atoms with Crippen molar-refractivity contribution < 1.29 is 0 Å². The quantitative estimate of drug-likeness (QED) is 0.309. The molecule has 1 aromatic rings. The van der Waals surface area contributed by atoms with Gasteiger partial charge in [-0.2, -0.15) is 0 Å². The van der Waals surface area contributed by atoms with Crippen LogP contribution in [0, 0.1) is 0 Å². The summed E-state index contributed by atoms with van der Waals surface area (Å²) >= 11 is 0. The summed E-state index contributed by atoms with van der Waals surface area (Å²) < 4.78 is 0. The molecule has 1 nitrogen and oxygen atoms in total. The molecule has 0 aliphatic heterocycles. The van der Waals surface area contributed by atoms with Gasteiger partial charge in [-0.05, 0) is 25.0 Å². The Bertz CT molecular complexity index is 346. The molecule has 0 radical (unpaired) electrons. The first-order valence-corrected chi connectivity index (χ1v) is 10.2. The van der Waals surface area contributed by atoms with Crippen LogP contribution in [0.25, 0.3) is 0 Å². The molecule has 0 atom stereocenters. The van der Waals surface area contributed by atoms with Crippen molar-refractivity contribution in [2.24, 2.45) is 0 Å². The average molecular weight is 318 g/mol. The molecule has 0 heterocycles. The van der Waals surface area contributed by atoms with Crippen LogP contribution in [0.5, 0.6) is 0 Å². The molecule has 1 heteroatoms. The minimum atomic E-state index is 1.23. The number of hydrogen-bond donors (Lipinski definition) is 0. The molecule has 0 aliphatic carbocycles. The first-order chi connectivity index (χ1) is 11.4. The van der Waals surface area contributed by atoms with E-state index in [2.05, 4.69) is 49.1 Å². The van der Waals surface area contributed by atoms with E-state index in [0.29, 0.717) is 0 Å². The molecule has 0 unspecified atom stereocenters. The summed E-state index contributed by atoms with van der Waals surface area (Å²) in [5.41, 5.74) is 1.41. The Hall–Kier alpha value is -0.980. The Balaban J connectivity index is 2.25. The van der Waals surface area contributed by atoms with Gasteiger partial charge in [0.25, 0.3) is 0 Å². The maximum absolute atomic E-state index is 2.61. The van der Waals surface area contributed by atoms with Crippen molar-refractivity contribution in [3.05, 3.63) is 30.3 Å². The fourth-order valence-electron chi connectivity index (χ4n) is 3.17. The van der Waals surface area contributed by atoms with Gasteiger partial charge in [0.1, 0.15) is 0 Å². The summed E-state index contributed by atoms with van der Waals surface area (Å²) in [5, 5.41) is 0. The Labute approximate surface area is 145 Å². The Morgan fingerprint density at radius 1 is 0.565 bits per heavy atom. The van der Waals surface area contributed by atoms with Crippen molar-refractivity contribution in [3.63, 3.8) is 0 Å². The lowest BCUT2D eigenvalue weighted by atomic mass is 10.1. The smallest absolute Gasteiger partial charge is 0.0366 e. The van der Waals surface area contributed by atoms with E-state index in [0.717, 1.165) is 0 Å². The molecule has 0 aromatic heterocycles. The van der Waals surface area contributed by atoms with Crippen LogP contribution in [-0.2, 0) is 0 Å². The molecule has 0 bridgehead atoms. The number of rotatable bonds is 15. The highest BCUT2D eigenvalue weighted by atomic mass is 15.1. The lowest BCUT2D eigenvalue weighted by Crippen LogP contribution is -2.25. The number of benzene rings is 1. The van der Waals surface area contributed by atoms with Crippen LogP contribution in [0.1, 0.15) is 90.9 Å². The number of anilines is 1. The minimum absolute atomic E-state index is 1.23. The molecular formula is C22H39N. The van der Waals surface area contributed by atoms with Crippen molar-refractivity contribution in [1.29, 1.82) is 0 Å². The predicted molar refractivity (Wildman–Crippen MR) is 105 cm³/mol. The van der Waals surface area contributed by atoms with Crippen molar-refractivity contribution in [2.45, 2.75) is 90.9 Å². The largest absolute Gasteiger partial charge is 0.372 e. The number of nitrogens with zero attached hydrogens (tertiary/aromatic N) is 1. The van der Waals surface area contributed by atoms with Gasteiger partial charge in [-0.15, -0.1) is 0 Å². The standard InChI is InChI=1S/C22H39N/c1-3-5-7-9-10-12-17-21-23(20-16-11-8-6-4-2)22-18-14-13-15-19-22/h13-15,18-19H,3-12,16-17,20-21H2,1-2H3. The average Bonchev–Trinajstić information content (AvgIpc) is 2.59. The van der Waals surface area contributed by atoms with Crippen LogP contribution < -0.4 is 4.90 Å². The summed E-state index contributed by atoms with van der Waals surface area (Å²) in [6, 6.07) is 11.0. The van der Waals surface area contributed by atoms with E-state index in [-0.39, 0.29) is 0 Å². The molecule has 0 fully saturated rings. The molecule has 0 spiro atoms. The van der Waals surface area contributed by atoms with E-state index < -0.39 is 0 Å². The summed E-state index contributed by atoms with van der Waals surface area (Å²) in [6.07, 6.45) is 16.6. The van der Waals surface area contributed by atoms with E-state index in [9.17, 15) is 0 Å². The van der Waals surface area contributed by atoms with Gasteiger partial charge in [-0.1, -0.05) is 96.3 Å². The SMILES string of the molecule is CCCCCCCCCN(CCCCCCC)c1ccccc1. The van der Waals surface area contributed by atoms with E-state index in [1.54, 1.807) is 0 Å². The highest BCUT2D eigenvalue weighted by molar-refractivity contribution is 5.45. The maximum Gasteiger partial charge on any atom is 0.0366 e. The van der Waals surface area contributed by atoms with Crippen LogP contribution in [0.15, 0.2) is 30.3 Å². The van der Waals surface area contributed by atoms with Crippen LogP contribution in [-0.4, -0.2) is 13.1 Å². The lowest BCUT2D eigenvalue weighted by Gasteiger charge is -2.25. The summed E-state index contributed by atoms with van der Waals surface area (Å²) in [4.78, 5) is 2.61. The summed E-state index contributed by atoms with van der Waals surface area (Å²) in [7, 11) is 0. The van der Waals surface area contributed by atoms with Gasteiger partial charge in [0, 0.05) is 18.8 Å². The normalized spacial score (nSPS) is 10.9. The number of para-hydroxylation sites is 1. The van der Waals surface area contributed by atoms with E-state index in [1.807, 2.05) is 0 Å². The summed E-state index contributed by atoms with van der Waals surface area (Å²) in [6.45, 7) is 7.03. The first-order valence-electron chi connectivity index (χ1n) is 10.2. The van der Waals surface area contributed by atoms with Gasteiger partial charge in [-0.3, -0.25) is 0 Å². The molecule has 23 heavy (non-hydrogen) atoms.